The number of fused-ring (bicyclic) bond motifs is 4. The van der Waals surface area contributed by atoms with E-state index in [0.29, 0.717) is 28.9 Å². The Labute approximate surface area is 166 Å². The molecule has 0 bridgehead atoms. The lowest BCUT2D eigenvalue weighted by atomic mass is 10.2. The van der Waals surface area contributed by atoms with Crippen LogP contribution in [0.25, 0.3) is 16.6 Å². The molecule has 1 aliphatic rings. The van der Waals surface area contributed by atoms with Crippen molar-refractivity contribution in [1.29, 1.82) is 0 Å². The zero-order valence-corrected chi connectivity index (χ0v) is 16.8. The van der Waals surface area contributed by atoms with Crippen molar-refractivity contribution in [2.75, 3.05) is 12.8 Å². The highest BCUT2D eigenvalue weighted by molar-refractivity contribution is 7.11. The molecule has 1 aromatic carbocycles. The molecule has 0 amide bonds. The molecule has 3 aromatic heterocycles. The van der Waals surface area contributed by atoms with Gasteiger partial charge in [-0.2, -0.15) is 4.52 Å². The molecule has 0 radical (unpaired) electrons. The lowest BCUT2D eigenvalue weighted by molar-refractivity contribution is 0.209. The number of aryl methyl sites for hydroxylation is 1. The van der Waals surface area contributed by atoms with Gasteiger partial charge in [0.2, 0.25) is 5.95 Å². The number of anilines is 1. The van der Waals surface area contributed by atoms with Crippen LogP contribution in [0.15, 0.2) is 18.2 Å². The average Bonchev–Trinajstić information content (AvgIpc) is 3.34. The van der Waals surface area contributed by atoms with Crippen molar-refractivity contribution in [2.45, 2.75) is 39.4 Å². The molecule has 0 unspecified atom stereocenters. The Bertz CT molecular complexity index is 1170. The molecular weight excluding hydrogens is 374 g/mol. The van der Waals surface area contributed by atoms with Gasteiger partial charge >= 0.3 is 0 Å². The van der Waals surface area contributed by atoms with E-state index < -0.39 is 0 Å². The lowest BCUT2D eigenvalue weighted by Crippen LogP contribution is -2.30. The summed E-state index contributed by atoms with van der Waals surface area (Å²) in [5.41, 5.74) is 8.77. The van der Waals surface area contributed by atoms with Crippen LogP contribution in [0.3, 0.4) is 0 Å². The normalized spacial score (nSPS) is 15.4. The maximum Gasteiger partial charge on any atom is 0.223 e. The molecule has 0 saturated heterocycles. The highest BCUT2D eigenvalue weighted by Gasteiger charge is 2.27. The number of methoxy groups -OCH3 is 1. The molecule has 8 nitrogen and oxygen atoms in total. The van der Waals surface area contributed by atoms with E-state index in [1.54, 1.807) is 23.0 Å². The lowest BCUT2D eigenvalue weighted by Gasteiger charge is -2.22. The first-order valence-corrected chi connectivity index (χ1v) is 10.0. The van der Waals surface area contributed by atoms with Gasteiger partial charge in [-0.15, -0.1) is 16.4 Å². The van der Waals surface area contributed by atoms with Crippen molar-refractivity contribution in [2.24, 2.45) is 0 Å². The number of nitrogens with two attached hydrogens (primary N) is 1. The second-order valence-electron chi connectivity index (χ2n) is 7.15. The number of nitrogens with zero attached hydrogens (tertiary/aromatic N) is 6. The SMILES string of the molecule is COc1cccc2c1nc(N)n1nc(C[C@@H](C)N3Cc4nc(C)sc4C3)nc21. The summed E-state index contributed by atoms with van der Waals surface area (Å²) in [5, 5.41) is 6.64. The quantitative estimate of drug-likeness (QED) is 0.567. The minimum atomic E-state index is 0.300. The van der Waals surface area contributed by atoms with E-state index in [0.717, 1.165) is 35.7 Å². The summed E-state index contributed by atoms with van der Waals surface area (Å²) in [7, 11) is 1.62. The molecule has 4 aromatic rings. The molecule has 4 heterocycles. The monoisotopic (exact) mass is 395 g/mol. The predicted octanol–water partition coefficient (Wildman–Crippen LogP) is 2.58. The summed E-state index contributed by atoms with van der Waals surface area (Å²) in [6.07, 6.45) is 0.737. The number of benzene rings is 1. The Balaban J connectivity index is 1.46. The fourth-order valence-electron chi connectivity index (χ4n) is 3.82. The smallest absolute Gasteiger partial charge is 0.223 e. The van der Waals surface area contributed by atoms with Crippen molar-refractivity contribution in [3.8, 4) is 5.75 Å². The van der Waals surface area contributed by atoms with E-state index in [1.807, 2.05) is 18.2 Å². The number of thiazole rings is 1. The van der Waals surface area contributed by atoms with E-state index >= 15 is 0 Å². The molecular formula is C19H21N7OS. The molecule has 0 aliphatic carbocycles. The van der Waals surface area contributed by atoms with Crippen LogP contribution in [0.2, 0.25) is 0 Å². The van der Waals surface area contributed by atoms with Gasteiger partial charge in [0.1, 0.15) is 11.3 Å². The minimum absolute atomic E-state index is 0.300. The molecule has 2 N–H and O–H groups in total. The van der Waals surface area contributed by atoms with Crippen LogP contribution in [0.1, 0.15) is 28.3 Å². The van der Waals surface area contributed by atoms with Gasteiger partial charge in [-0.1, -0.05) is 6.07 Å². The number of nitrogen functional groups attached to an aromatic ring is 1. The predicted molar refractivity (Wildman–Crippen MR) is 109 cm³/mol. The maximum absolute atomic E-state index is 6.15. The zero-order chi connectivity index (χ0) is 19.4. The number of rotatable bonds is 4. The maximum atomic E-state index is 6.15. The van der Waals surface area contributed by atoms with Gasteiger partial charge in [0.15, 0.2) is 11.5 Å². The molecule has 0 fully saturated rings. The Morgan fingerprint density at radius 3 is 2.89 bits per heavy atom. The van der Waals surface area contributed by atoms with Crippen LogP contribution in [0.4, 0.5) is 5.95 Å². The van der Waals surface area contributed by atoms with Crippen LogP contribution in [0.5, 0.6) is 5.75 Å². The first-order valence-electron chi connectivity index (χ1n) is 9.20. The fourth-order valence-corrected chi connectivity index (χ4v) is 4.79. The Morgan fingerprint density at radius 2 is 2.11 bits per heavy atom. The summed E-state index contributed by atoms with van der Waals surface area (Å²) >= 11 is 1.79. The number of hydrogen-bond acceptors (Lipinski definition) is 8. The van der Waals surface area contributed by atoms with E-state index in [2.05, 4.69) is 33.8 Å². The third-order valence-electron chi connectivity index (χ3n) is 5.24. The highest BCUT2D eigenvalue weighted by atomic mass is 32.1. The van der Waals surface area contributed by atoms with Crippen LogP contribution < -0.4 is 10.5 Å². The topological polar surface area (TPSA) is 94.5 Å². The third kappa shape index (κ3) is 2.70. The van der Waals surface area contributed by atoms with Crippen LogP contribution in [0, 0.1) is 6.92 Å². The summed E-state index contributed by atoms with van der Waals surface area (Å²) in [6.45, 7) is 6.10. The largest absolute Gasteiger partial charge is 0.494 e. The second kappa shape index (κ2) is 6.39. The average molecular weight is 395 g/mol. The van der Waals surface area contributed by atoms with E-state index in [9.17, 15) is 0 Å². The van der Waals surface area contributed by atoms with Gasteiger partial charge in [-0.25, -0.2) is 15.0 Å². The summed E-state index contributed by atoms with van der Waals surface area (Å²) < 4.78 is 7.04. The third-order valence-corrected chi connectivity index (χ3v) is 6.24. The standard InChI is InChI=1S/C19H21N7OS/c1-10(25-8-13-15(9-25)28-11(2)21-13)7-16-22-18-12-5-4-6-14(27-3)17(12)23-19(20)26(18)24-16/h4-6,10H,7-9H2,1-3H3,(H2,20,23)/t10-/m1/s1. The minimum Gasteiger partial charge on any atom is -0.494 e. The van der Waals surface area contributed by atoms with Gasteiger partial charge < -0.3 is 10.5 Å². The number of ether oxygens (including phenoxy) is 1. The fraction of sp³-hybridized carbons (Fsp3) is 0.368. The molecule has 1 aliphatic heterocycles. The molecule has 28 heavy (non-hydrogen) atoms. The molecule has 1 atom stereocenters. The van der Waals surface area contributed by atoms with E-state index in [4.69, 9.17) is 15.5 Å². The van der Waals surface area contributed by atoms with Crippen molar-refractivity contribution in [1.82, 2.24) is 29.5 Å². The van der Waals surface area contributed by atoms with Crippen molar-refractivity contribution in [3.63, 3.8) is 0 Å². The van der Waals surface area contributed by atoms with Crippen molar-refractivity contribution >= 4 is 33.8 Å². The summed E-state index contributed by atoms with van der Waals surface area (Å²) in [4.78, 5) is 17.7. The molecule has 0 saturated carbocycles. The molecule has 9 heteroatoms. The zero-order valence-electron chi connectivity index (χ0n) is 16.0. The Kier molecular flexibility index (Phi) is 3.95. The Hall–Kier alpha value is -2.78. The Morgan fingerprint density at radius 1 is 1.25 bits per heavy atom. The highest BCUT2D eigenvalue weighted by Crippen LogP contribution is 2.30. The van der Waals surface area contributed by atoms with Gasteiger partial charge in [0, 0.05) is 35.8 Å². The number of para-hydroxylation sites is 1. The van der Waals surface area contributed by atoms with Crippen molar-refractivity contribution < 1.29 is 4.74 Å². The first kappa shape index (κ1) is 17.3. The molecule has 144 valence electrons. The summed E-state index contributed by atoms with van der Waals surface area (Å²) in [5.74, 6) is 1.74. The van der Waals surface area contributed by atoms with Gasteiger partial charge in [0.25, 0.3) is 0 Å². The molecule has 5 rings (SSSR count). The van der Waals surface area contributed by atoms with E-state index in [1.165, 1.54) is 10.6 Å². The van der Waals surface area contributed by atoms with Crippen LogP contribution in [-0.4, -0.2) is 42.6 Å². The number of hydrogen-bond donors (Lipinski definition) is 1. The van der Waals surface area contributed by atoms with Crippen LogP contribution >= 0.6 is 11.3 Å². The summed E-state index contributed by atoms with van der Waals surface area (Å²) in [6, 6.07) is 6.06. The van der Waals surface area contributed by atoms with Gasteiger partial charge in [-0.05, 0) is 26.0 Å². The van der Waals surface area contributed by atoms with Crippen LogP contribution in [-0.2, 0) is 19.5 Å². The second-order valence-corrected chi connectivity index (χ2v) is 8.44. The first-order chi connectivity index (χ1) is 13.5. The molecule has 0 spiro atoms. The van der Waals surface area contributed by atoms with Gasteiger partial charge in [0.05, 0.1) is 17.8 Å². The number of aromatic nitrogens is 5. The van der Waals surface area contributed by atoms with Crippen molar-refractivity contribution in [3.05, 3.63) is 39.6 Å². The van der Waals surface area contributed by atoms with Gasteiger partial charge in [-0.3, -0.25) is 4.90 Å². The van der Waals surface area contributed by atoms with E-state index in [-0.39, 0.29) is 0 Å².